The molecular weight excluding hydrogens is 244 g/mol. The standard InChI is InChI=1S/C10H20N2O4S/c1-12(7-10(13)11-4-5-16-2)9-3-6-17(14,15)8-9/h9H,3-8H2,1-2H3,(H,11,13). The molecule has 1 rings (SSSR count). The molecule has 0 bridgehead atoms. The number of methoxy groups -OCH3 is 1. The monoisotopic (exact) mass is 264 g/mol. The van der Waals surface area contributed by atoms with E-state index in [1.54, 1.807) is 19.1 Å². The first-order valence-electron chi connectivity index (χ1n) is 5.61. The van der Waals surface area contributed by atoms with Crippen molar-refractivity contribution in [2.45, 2.75) is 12.5 Å². The second-order valence-electron chi connectivity index (χ2n) is 4.31. The number of hydrogen-bond donors (Lipinski definition) is 1. The summed E-state index contributed by atoms with van der Waals surface area (Å²) in [4.78, 5) is 13.3. The minimum absolute atomic E-state index is 0.0341. The number of carbonyl (C=O) groups is 1. The van der Waals surface area contributed by atoms with Crippen LogP contribution in [-0.2, 0) is 19.4 Å². The lowest BCUT2D eigenvalue weighted by Crippen LogP contribution is -2.41. The van der Waals surface area contributed by atoms with Crippen LogP contribution in [0.15, 0.2) is 0 Å². The lowest BCUT2D eigenvalue weighted by molar-refractivity contribution is -0.122. The van der Waals surface area contributed by atoms with E-state index in [9.17, 15) is 13.2 Å². The maximum Gasteiger partial charge on any atom is 0.234 e. The summed E-state index contributed by atoms with van der Waals surface area (Å²) in [5, 5.41) is 2.70. The van der Waals surface area contributed by atoms with Crippen LogP contribution < -0.4 is 5.32 Å². The number of rotatable bonds is 6. The minimum atomic E-state index is -2.89. The number of amides is 1. The first-order chi connectivity index (χ1) is 7.94. The Morgan fingerprint density at radius 1 is 1.53 bits per heavy atom. The Morgan fingerprint density at radius 3 is 2.76 bits per heavy atom. The molecule has 17 heavy (non-hydrogen) atoms. The number of nitrogens with zero attached hydrogens (tertiary/aromatic N) is 1. The highest BCUT2D eigenvalue weighted by molar-refractivity contribution is 7.91. The molecule has 1 aliphatic heterocycles. The van der Waals surface area contributed by atoms with Gasteiger partial charge in [-0.05, 0) is 13.5 Å². The van der Waals surface area contributed by atoms with Crippen molar-refractivity contribution in [2.24, 2.45) is 0 Å². The molecule has 0 radical (unpaired) electrons. The summed E-state index contributed by atoms with van der Waals surface area (Å²) >= 11 is 0. The summed E-state index contributed by atoms with van der Waals surface area (Å²) in [7, 11) is 0.460. The minimum Gasteiger partial charge on any atom is -0.383 e. The zero-order valence-electron chi connectivity index (χ0n) is 10.3. The maximum atomic E-state index is 11.5. The molecule has 0 aromatic carbocycles. The van der Waals surface area contributed by atoms with E-state index in [-0.39, 0.29) is 30.0 Å². The third kappa shape index (κ3) is 5.01. The van der Waals surface area contributed by atoms with Crippen LogP contribution in [0.4, 0.5) is 0 Å². The number of likely N-dealkylation sites (N-methyl/N-ethyl adjacent to an activating group) is 1. The number of ether oxygens (including phenoxy) is 1. The Morgan fingerprint density at radius 2 is 2.24 bits per heavy atom. The first kappa shape index (κ1) is 14.4. The molecule has 0 aliphatic carbocycles. The molecule has 1 aliphatic rings. The Kier molecular flexibility index (Phi) is 5.35. The molecular formula is C10H20N2O4S. The number of nitrogens with one attached hydrogen (secondary N) is 1. The Balaban J connectivity index is 2.29. The molecule has 6 nitrogen and oxygen atoms in total. The smallest absolute Gasteiger partial charge is 0.234 e. The third-order valence-corrected chi connectivity index (χ3v) is 4.60. The van der Waals surface area contributed by atoms with Crippen molar-refractivity contribution < 1.29 is 17.9 Å². The van der Waals surface area contributed by atoms with Crippen molar-refractivity contribution in [1.29, 1.82) is 0 Å². The third-order valence-electron chi connectivity index (χ3n) is 2.85. The largest absolute Gasteiger partial charge is 0.383 e. The van der Waals surface area contributed by atoms with Crippen molar-refractivity contribution in [3.8, 4) is 0 Å². The van der Waals surface area contributed by atoms with Gasteiger partial charge < -0.3 is 10.1 Å². The van der Waals surface area contributed by atoms with Crippen LogP contribution in [-0.4, -0.2) is 70.6 Å². The first-order valence-corrected chi connectivity index (χ1v) is 7.43. The molecule has 1 fully saturated rings. The molecule has 1 unspecified atom stereocenters. The summed E-state index contributed by atoms with van der Waals surface area (Å²) in [6, 6.07) is -0.0341. The van der Waals surface area contributed by atoms with Gasteiger partial charge in [0.25, 0.3) is 0 Å². The molecule has 1 saturated heterocycles. The quantitative estimate of drug-likeness (QED) is 0.614. The molecule has 1 heterocycles. The molecule has 0 spiro atoms. The molecule has 7 heteroatoms. The summed E-state index contributed by atoms with van der Waals surface area (Å²) < 4.78 is 27.4. The van der Waals surface area contributed by atoms with Gasteiger partial charge in [-0.15, -0.1) is 0 Å². The molecule has 0 saturated carbocycles. The Labute approximate surface area is 102 Å². The van der Waals surface area contributed by atoms with E-state index in [0.29, 0.717) is 19.6 Å². The summed E-state index contributed by atoms with van der Waals surface area (Å²) in [6.45, 7) is 1.18. The van der Waals surface area contributed by atoms with Gasteiger partial charge in [0.2, 0.25) is 5.91 Å². The van der Waals surface area contributed by atoms with E-state index in [4.69, 9.17) is 4.74 Å². The van der Waals surface area contributed by atoms with Crippen LogP contribution >= 0.6 is 0 Å². The fourth-order valence-electron chi connectivity index (χ4n) is 1.83. The zero-order valence-corrected chi connectivity index (χ0v) is 11.1. The molecule has 1 amide bonds. The summed E-state index contributed by atoms with van der Waals surface area (Å²) in [6.07, 6.45) is 0.615. The van der Waals surface area contributed by atoms with E-state index in [1.807, 2.05) is 0 Å². The highest BCUT2D eigenvalue weighted by Gasteiger charge is 2.31. The van der Waals surface area contributed by atoms with Crippen LogP contribution in [0.5, 0.6) is 0 Å². The number of carbonyl (C=O) groups excluding carboxylic acids is 1. The van der Waals surface area contributed by atoms with E-state index < -0.39 is 9.84 Å². The van der Waals surface area contributed by atoms with Crippen molar-refractivity contribution in [3.63, 3.8) is 0 Å². The molecule has 100 valence electrons. The van der Waals surface area contributed by atoms with Crippen LogP contribution in [0.2, 0.25) is 0 Å². The predicted molar refractivity (Wildman–Crippen MR) is 64.6 cm³/mol. The van der Waals surface area contributed by atoms with Gasteiger partial charge in [0.1, 0.15) is 0 Å². The van der Waals surface area contributed by atoms with Gasteiger partial charge in [0, 0.05) is 19.7 Å². The summed E-state index contributed by atoms with van der Waals surface area (Å²) in [5.74, 6) is 0.288. The number of hydrogen-bond acceptors (Lipinski definition) is 5. The highest BCUT2D eigenvalue weighted by atomic mass is 32.2. The van der Waals surface area contributed by atoms with E-state index in [2.05, 4.69) is 5.32 Å². The molecule has 0 aromatic rings. The van der Waals surface area contributed by atoms with Gasteiger partial charge in [-0.25, -0.2) is 8.42 Å². The topological polar surface area (TPSA) is 75.7 Å². The molecule has 1 atom stereocenters. The van der Waals surface area contributed by atoms with E-state index in [1.165, 1.54) is 0 Å². The fraction of sp³-hybridized carbons (Fsp3) is 0.900. The highest BCUT2D eigenvalue weighted by Crippen LogP contribution is 2.15. The second kappa shape index (κ2) is 6.32. The van der Waals surface area contributed by atoms with Gasteiger partial charge in [-0.3, -0.25) is 9.69 Å². The Bertz CT molecular complexity index is 355. The Hall–Kier alpha value is -0.660. The van der Waals surface area contributed by atoms with Crippen molar-refractivity contribution in [2.75, 3.05) is 45.4 Å². The average molecular weight is 264 g/mol. The van der Waals surface area contributed by atoms with Gasteiger partial charge >= 0.3 is 0 Å². The van der Waals surface area contributed by atoms with E-state index >= 15 is 0 Å². The molecule has 1 N–H and O–H groups in total. The van der Waals surface area contributed by atoms with E-state index in [0.717, 1.165) is 0 Å². The second-order valence-corrected chi connectivity index (χ2v) is 6.54. The average Bonchev–Trinajstić information content (AvgIpc) is 2.59. The normalized spacial score (nSPS) is 22.9. The summed E-state index contributed by atoms with van der Waals surface area (Å²) in [5.41, 5.74) is 0. The van der Waals surface area contributed by atoms with Crippen LogP contribution in [0.3, 0.4) is 0 Å². The van der Waals surface area contributed by atoms with Crippen molar-refractivity contribution >= 4 is 15.7 Å². The van der Waals surface area contributed by atoms with Gasteiger partial charge in [-0.2, -0.15) is 0 Å². The zero-order chi connectivity index (χ0) is 12.9. The van der Waals surface area contributed by atoms with Gasteiger partial charge in [0.05, 0.1) is 24.7 Å². The van der Waals surface area contributed by atoms with Crippen LogP contribution in [0, 0.1) is 0 Å². The van der Waals surface area contributed by atoms with Crippen molar-refractivity contribution in [1.82, 2.24) is 10.2 Å². The predicted octanol–water partition coefficient (Wildman–Crippen LogP) is -1.13. The van der Waals surface area contributed by atoms with Gasteiger partial charge in [-0.1, -0.05) is 0 Å². The number of sulfone groups is 1. The van der Waals surface area contributed by atoms with Crippen LogP contribution in [0.25, 0.3) is 0 Å². The SMILES string of the molecule is COCCNC(=O)CN(C)C1CCS(=O)(=O)C1. The lowest BCUT2D eigenvalue weighted by Gasteiger charge is -2.22. The van der Waals surface area contributed by atoms with Crippen LogP contribution in [0.1, 0.15) is 6.42 Å². The maximum absolute atomic E-state index is 11.5. The van der Waals surface area contributed by atoms with Crippen molar-refractivity contribution in [3.05, 3.63) is 0 Å². The van der Waals surface area contributed by atoms with Gasteiger partial charge in [0.15, 0.2) is 9.84 Å². The lowest BCUT2D eigenvalue weighted by atomic mass is 10.2. The fourth-order valence-corrected chi connectivity index (χ4v) is 3.63. The molecule has 0 aromatic heterocycles.